The van der Waals surface area contributed by atoms with E-state index in [1.807, 2.05) is 6.07 Å². The zero-order valence-electron chi connectivity index (χ0n) is 18.2. The molecule has 0 aromatic carbocycles. The summed E-state index contributed by atoms with van der Waals surface area (Å²) < 4.78 is 10.9. The Morgan fingerprint density at radius 3 is 2.66 bits per heavy atom. The molecule has 0 radical (unpaired) electrons. The van der Waals surface area contributed by atoms with E-state index < -0.39 is 0 Å². The normalized spacial score (nSPS) is 15.6. The molecule has 0 atom stereocenters. The second kappa shape index (κ2) is 12.4. The molecule has 29 heavy (non-hydrogen) atoms. The maximum Gasteiger partial charge on any atom is 0.243 e. The predicted octanol–water partition coefficient (Wildman–Crippen LogP) is 1.03. The first-order valence-electron chi connectivity index (χ1n) is 10.5. The molecule has 1 aromatic rings. The van der Waals surface area contributed by atoms with Crippen molar-refractivity contribution in [3.8, 4) is 0 Å². The smallest absolute Gasteiger partial charge is 0.243 e. The number of aromatic nitrogens is 1. The average molecular weight is 409 g/mol. The Morgan fingerprint density at radius 1 is 1.28 bits per heavy atom. The number of nitrogens with one attached hydrogen (secondary N) is 2. The summed E-state index contributed by atoms with van der Waals surface area (Å²) >= 11 is 0. The lowest BCUT2D eigenvalue weighted by Crippen LogP contribution is -2.44. The largest absolute Gasteiger partial charge is 0.379 e. The fourth-order valence-corrected chi connectivity index (χ4v) is 3.10. The molecule has 1 fully saturated rings. The van der Waals surface area contributed by atoms with Gasteiger partial charge in [-0.05, 0) is 12.8 Å². The van der Waals surface area contributed by atoms with Crippen molar-refractivity contribution in [1.29, 1.82) is 0 Å². The van der Waals surface area contributed by atoms with Gasteiger partial charge in [0.1, 0.15) is 6.54 Å². The maximum atomic E-state index is 11.9. The number of guanidine groups is 1. The summed E-state index contributed by atoms with van der Waals surface area (Å²) in [6.07, 6.45) is 2.08. The third kappa shape index (κ3) is 8.02. The predicted molar refractivity (Wildman–Crippen MR) is 113 cm³/mol. The van der Waals surface area contributed by atoms with E-state index in [0.717, 1.165) is 63.7 Å². The molecule has 0 unspecified atom stereocenters. The molecular formula is C20H36N6O3. The molecule has 2 N–H and O–H groups in total. The van der Waals surface area contributed by atoms with Crippen LogP contribution in [-0.2, 0) is 16.1 Å². The number of hydrogen-bond acceptors (Lipinski definition) is 6. The Morgan fingerprint density at radius 2 is 2.00 bits per heavy atom. The summed E-state index contributed by atoms with van der Waals surface area (Å²) in [5.74, 6) is 1.72. The molecule has 9 heteroatoms. The van der Waals surface area contributed by atoms with Gasteiger partial charge in [-0.2, -0.15) is 0 Å². The summed E-state index contributed by atoms with van der Waals surface area (Å²) in [6, 6.07) is 2.00. The molecule has 0 aliphatic carbocycles. The molecule has 1 aliphatic heterocycles. The van der Waals surface area contributed by atoms with Crippen LogP contribution in [0.1, 0.15) is 44.1 Å². The minimum atomic E-state index is -0.0463. The number of hydrogen-bond donors (Lipinski definition) is 2. The lowest BCUT2D eigenvalue weighted by molar-refractivity contribution is -0.127. The van der Waals surface area contributed by atoms with Crippen molar-refractivity contribution >= 4 is 11.9 Å². The quantitative estimate of drug-likeness (QED) is 0.441. The summed E-state index contributed by atoms with van der Waals surface area (Å²) in [6.45, 7) is 9.94. The van der Waals surface area contributed by atoms with Crippen LogP contribution >= 0.6 is 0 Å². The third-order valence-electron chi connectivity index (χ3n) is 5.11. The molecule has 0 bridgehead atoms. The summed E-state index contributed by atoms with van der Waals surface area (Å²) in [5.41, 5.74) is 0.994. The number of rotatable bonds is 10. The molecule has 1 aliphatic rings. The first-order chi connectivity index (χ1) is 14.0. The van der Waals surface area contributed by atoms with Gasteiger partial charge in [-0.25, -0.2) is 4.99 Å². The van der Waals surface area contributed by atoms with Crippen molar-refractivity contribution in [1.82, 2.24) is 25.6 Å². The highest BCUT2D eigenvalue weighted by Crippen LogP contribution is 2.22. The van der Waals surface area contributed by atoms with E-state index in [9.17, 15) is 4.79 Å². The molecule has 0 saturated carbocycles. The van der Waals surface area contributed by atoms with Gasteiger partial charge in [0.15, 0.2) is 11.7 Å². The fourth-order valence-electron chi connectivity index (χ4n) is 3.10. The van der Waals surface area contributed by atoms with Crippen LogP contribution in [0, 0.1) is 0 Å². The number of aliphatic imine (C=N–C) groups is 1. The molecule has 164 valence electrons. The molecular weight excluding hydrogens is 372 g/mol. The van der Waals surface area contributed by atoms with Crippen LogP contribution in [0.25, 0.3) is 0 Å². The van der Waals surface area contributed by atoms with Crippen LogP contribution in [0.5, 0.6) is 0 Å². The number of morpholine rings is 1. The zero-order chi connectivity index (χ0) is 21.1. The van der Waals surface area contributed by atoms with Gasteiger partial charge in [0.25, 0.3) is 0 Å². The minimum absolute atomic E-state index is 0.0463. The standard InChI is InChI=1S/C20H36N6O3/c1-5-16(6-2)18-13-17(29-24-18)14-22-20(23-15-19(27)25(3)4)21-7-8-26-9-11-28-12-10-26/h13,16H,5-12,14-15H2,1-4H3,(H2,21,22,23). The molecule has 2 rings (SSSR count). The lowest BCUT2D eigenvalue weighted by Gasteiger charge is -2.26. The summed E-state index contributed by atoms with van der Waals surface area (Å²) in [4.78, 5) is 20.2. The van der Waals surface area contributed by atoms with E-state index in [0.29, 0.717) is 18.4 Å². The SMILES string of the molecule is CCC(CC)c1cc(CNC(=NCC(=O)N(C)C)NCCN2CCOCC2)on1. The van der Waals surface area contributed by atoms with Crippen LogP contribution < -0.4 is 10.6 Å². The number of carbonyl (C=O) groups excluding carboxylic acids is 1. The topological polar surface area (TPSA) is 95.2 Å². The van der Waals surface area contributed by atoms with Crippen molar-refractivity contribution in [3.05, 3.63) is 17.5 Å². The Kier molecular flexibility index (Phi) is 9.93. The number of nitrogens with zero attached hydrogens (tertiary/aromatic N) is 4. The average Bonchev–Trinajstić information content (AvgIpc) is 3.19. The Balaban J connectivity index is 1.89. The van der Waals surface area contributed by atoms with Gasteiger partial charge in [0, 0.05) is 52.3 Å². The van der Waals surface area contributed by atoms with Crippen molar-refractivity contribution in [2.45, 2.75) is 39.2 Å². The second-order valence-electron chi connectivity index (χ2n) is 7.42. The highest BCUT2D eigenvalue weighted by atomic mass is 16.5. The van der Waals surface area contributed by atoms with Crippen LogP contribution in [0.3, 0.4) is 0 Å². The van der Waals surface area contributed by atoms with Crippen molar-refractivity contribution in [3.63, 3.8) is 0 Å². The van der Waals surface area contributed by atoms with Gasteiger partial charge < -0.3 is 24.8 Å². The van der Waals surface area contributed by atoms with Gasteiger partial charge in [0.2, 0.25) is 5.91 Å². The number of likely N-dealkylation sites (N-methyl/N-ethyl adjacent to an activating group) is 1. The van der Waals surface area contributed by atoms with E-state index in [-0.39, 0.29) is 12.5 Å². The van der Waals surface area contributed by atoms with Crippen molar-refractivity contribution < 1.29 is 14.1 Å². The van der Waals surface area contributed by atoms with Crippen LogP contribution in [0.2, 0.25) is 0 Å². The van der Waals surface area contributed by atoms with Gasteiger partial charge >= 0.3 is 0 Å². The Labute approximate surface area is 173 Å². The van der Waals surface area contributed by atoms with E-state index in [2.05, 4.69) is 39.5 Å². The van der Waals surface area contributed by atoms with Crippen LogP contribution in [0.4, 0.5) is 0 Å². The fraction of sp³-hybridized carbons (Fsp3) is 0.750. The molecule has 0 spiro atoms. The van der Waals surface area contributed by atoms with E-state index >= 15 is 0 Å². The number of amides is 1. The first kappa shape index (κ1) is 23.2. The maximum absolute atomic E-state index is 11.9. The summed E-state index contributed by atoms with van der Waals surface area (Å²) in [7, 11) is 3.45. The number of ether oxygens (including phenoxy) is 1. The molecule has 1 saturated heterocycles. The first-order valence-corrected chi connectivity index (χ1v) is 10.5. The van der Waals surface area contributed by atoms with Crippen molar-refractivity contribution in [2.75, 3.05) is 60.0 Å². The summed E-state index contributed by atoms with van der Waals surface area (Å²) in [5, 5.41) is 10.8. The van der Waals surface area contributed by atoms with Gasteiger partial charge in [0.05, 0.1) is 25.5 Å². The molecule has 1 amide bonds. The highest BCUT2D eigenvalue weighted by molar-refractivity contribution is 5.84. The Bertz CT molecular complexity index is 636. The van der Waals surface area contributed by atoms with E-state index in [4.69, 9.17) is 9.26 Å². The zero-order valence-corrected chi connectivity index (χ0v) is 18.2. The third-order valence-corrected chi connectivity index (χ3v) is 5.11. The molecule has 9 nitrogen and oxygen atoms in total. The second-order valence-corrected chi connectivity index (χ2v) is 7.42. The van der Waals surface area contributed by atoms with Gasteiger partial charge in [-0.15, -0.1) is 0 Å². The van der Waals surface area contributed by atoms with E-state index in [1.165, 1.54) is 4.90 Å². The number of carbonyl (C=O) groups is 1. The molecule has 1 aromatic heterocycles. The Hall–Kier alpha value is -2.13. The van der Waals surface area contributed by atoms with E-state index in [1.54, 1.807) is 14.1 Å². The monoisotopic (exact) mass is 408 g/mol. The lowest BCUT2D eigenvalue weighted by atomic mass is 9.99. The highest BCUT2D eigenvalue weighted by Gasteiger charge is 2.14. The van der Waals surface area contributed by atoms with Crippen molar-refractivity contribution in [2.24, 2.45) is 4.99 Å². The van der Waals surface area contributed by atoms with Crippen LogP contribution in [0.15, 0.2) is 15.6 Å². The minimum Gasteiger partial charge on any atom is -0.379 e. The van der Waals surface area contributed by atoms with Gasteiger partial charge in [-0.1, -0.05) is 19.0 Å². The van der Waals surface area contributed by atoms with Gasteiger partial charge in [-0.3, -0.25) is 9.69 Å². The molecule has 2 heterocycles. The van der Waals surface area contributed by atoms with Crippen LogP contribution in [-0.4, -0.2) is 86.9 Å².